The number of hydrogen-bond acceptors (Lipinski definition) is 2. The SMILES string of the molecule is CC=CC=CC(=O)NCC1CCCC1CO. The van der Waals surface area contributed by atoms with E-state index in [1.54, 1.807) is 6.08 Å². The molecule has 0 aliphatic heterocycles. The number of rotatable bonds is 5. The van der Waals surface area contributed by atoms with Crippen molar-refractivity contribution in [3.05, 3.63) is 24.3 Å². The molecule has 16 heavy (non-hydrogen) atoms. The molecule has 3 nitrogen and oxygen atoms in total. The smallest absolute Gasteiger partial charge is 0.243 e. The van der Waals surface area contributed by atoms with Gasteiger partial charge in [0.15, 0.2) is 0 Å². The summed E-state index contributed by atoms with van der Waals surface area (Å²) in [7, 11) is 0. The van der Waals surface area contributed by atoms with Gasteiger partial charge in [-0.05, 0) is 31.6 Å². The first-order chi connectivity index (χ1) is 7.77. The molecule has 0 aromatic rings. The van der Waals surface area contributed by atoms with E-state index in [2.05, 4.69) is 5.32 Å². The minimum atomic E-state index is -0.0540. The summed E-state index contributed by atoms with van der Waals surface area (Å²) in [6.07, 6.45) is 10.3. The van der Waals surface area contributed by atoms with Crippen LogP contribution in [-0.4, -0.2) is 24.2 Å². The third kappa shape index (κ3) is 4.19. The van der Waals surface area contributed by atoms with Crippen LogP contribution in [-0.2, 0) is 4.79 Å². The van der Waals surface area contributed by atoms with Crippen LogP contribution in [0, 0.1) is 11.8 Å². The summed E-state index contributed by atoms with van der Waals surface area (Å²) in [5, 5.41) is 12.0. The standard InChI is InChI=1S/C13H21NO2/c1-2-3-4-8-13(16)14-9-11-6-5-7-12(11)10-15/h2-4,8,11-12,15H,5-7,9-10H2,1H3,(H,14,16). The Hall–Kier alpha value is -1.09. The van der Waals surface area contributed by atoms with Crippen LogP contribution in [0.5, 0.6) is 0 Å². The summed E-state index contributed by atoms with van der Waals surface area (Å²) in [6, 6.07) is 0. The second-order valence-corrected chi connectivity index (χ2v) is 4.26. The molecule has 90 valence electrons. The molecule has 1 aliphatic rings. The molecule has 0 saturated heterocycles. The Kier molecular flexibility index (Phi) is 5.86. The third-order valence-corrected chi connectivity index (χ3v) is 3.14. The number of carbonyl (C=O) groups is 1. The molecule has 0 heterocycles. The monoisotopic (exact) mass is 223 g/mol. The first-order valence-electron chi connectivity index (χ1n) is 5.96. The number of aliphatic hydroxyl groups excluding tert-OH is 1. The molecule has 0 aromatic heterocycles. The molecule has 3 heteroatoms. The van der Waals surface area contributed by atoms with Gasteiger partial charge in [0.2, 0.25) is 5.91 Å². The molecule has 0 spiro atoms. The molecule has 2 N–H and O–H groups in total. The first kappa shape index (κ1) is 13.0. The maximum Gasteiger partial charge on any atom is 0.243 e. The number of amides is 1. The van der Waals surface area contributed by atoms with Gasteiger partial charge in [-0.1, -0.05) is 24.6 Å². The number of carbonyl (C=O) groups excluding carboxylic acids is 1. The maximum atomic E-state index is 11.4. The lowest BCUT2D eigenvalue weighted by Crippen LogP contribution is -2.30. The summed E-state index contributed by atoms with van der Waals surface area (Å²) in [6.45, 7) is 2.84. The van der Waals surface area contributed by atoms with Crippen LogP contribution >= 0.6 is 0 Å². The molecule has 0 aromatic carbocycles. The highest BCUT2D eigenvalue weighted by atomic mass is 16.3. The van der Waals surface area contributed by atoms with Crippen LogP contribution < -0.4 is 5.32 Å². The summed E-state index contributed by atoms with van der Waals surface area (Å²) < 4.78 is 0. The van der Waals surface area contributed by atoms with Crippen LogP contribution in [0.1, 0.15) is 26.2 Å². The summed E-state index contributed by atoms with van der Waals surface area (Å²) in [5.41, 5.74) is 0. The molecule has 1 rings (SSSR count). The largest absolute Gasteiger partial charge is 0.396 e. The van der Waals surface area contributed by atoms with Gasteiger partial charge in [-0.25, -0.2) is 0 Å². The maximum absolute atomic E-state index is 11.4. The predicted octanol–water partition coefficient (Wildman–Crippen LogP) is 1.64. The highest BCUT2D eigenvalue weighted by Gasteiger charge is 2.26. The lowest BCUT2D eigenvalue weighted by Gasteiger charge is -2.17. The van der Waals surface area contributed by atoms with E-state index >= 15 is 0 Å². The third-order valence-electron chi connectivity index (χ3n) is 3.14. The number of aliphatic hydroxyl groups is 1. The van der Waals surface area contributed by atoms with E-state index in [-0.39, 0.29) is 12.5 Å². The van der Waals surface area contributed by atoms with Crippen LogP contribution in [0.15, 0.2) is 24.3 Å². The van der Waals surface area contributed by atoms with Gasteiger partial charge in [0.05, 0.1) is 0 Å². The number of allylic oxidation sites excluding steroid dienone is 3. The van der Waals surface area contributed by atoms with Crippen molar-refractivity contribution in [3.8, 4) is 0 Å². The van der Waals surface area contributed by atoms with Crippen molar-refractivity contribution in [1.82, 2.24) is 5.32 Å². The molecular weight excluding hydrogens is 202 g/mol. The van der Waals surface area contributed by atoms with E-state index in [0.717, 1.165) is 12.8 Å². The zero-order valence-corrected chi connectivity index (χ0v) is 9.86. The van der Waals surface area contributed by atoms with Gasteiger partial charge in [-0.15, -0.1) is 0 Å². The van der Waals surface area contributed by atoms with Gasteiger partial charge in [-0.3, -0.25) is 4.79 Å². The highest BCUT2D eigenvalue weighted by Crippen LogP contribution is 2.30. The average Bonchev–Trinajstić information content (AvgIpc) is 2.74. The molecule has 1 aliphatic carbocycles. The average molecular weight is 223 g/mol. The summed E-state index contributed by atoms with van der Waals surface area (Å²) in [4.78, 5) is 11.4. The molecule has 1 saturated carbocycles. The Morgan fingerprint density at radius 2 is 2.12 bits per heavy atom. The molecule has 1 amide bonds. The van der Waals surface area contributed by atoms with E-state index in [4.69, 9.17) is 5.11 Å². The second kappa shape index (κ2) is 7.23. The predicted molar refractivity (Wildman–Crippen MR) is 64.9 cm³/mol. The van der Waals surface area contributed by atoms with Crippen LogP contribution in [0.2, 0.25) is 0 Å². The fourth-order valence-corrected chi connectivity index (χ4v) is 2.17. The Balaban J connectivity index is 2.25. The van der Waals surface area contributed by atoms with Crippen molar-refractivity contribution in [1.29, 1.82) is 0 Å². The highest BCUT2D eigenvalue weighted by molar-refractivity contribution is 5.87. The van der Waals surface area contributed by atoms with E-state index in [1.165, 1.54) is 12.5 Å². The Bertz CT molecular complexity index is 271. The molecule has 0 radical (unpaired) electrons. The fourth-order valence-electron chi connectivity index (χ4n) is 2.17. The lowest BCUT2D eigenvalue weighted by molar-refractivity contribution is -0.116. The minimum absolute atomic E-state index is 0.0540. The Morgan fingerprint density at radius 1 is 1.38 bits per heavy atom. The molecule has 2 atom stereocenters. The Morgan fingerprint density at radius 3 is 2.81 bits per heavy atom. The second-order valence-electron chi connectivity index (χ2n) is 4.26. The minimum Gasteiger partial charge on any atom is -0.396 e. The van der Waals surface area contributed by atoms with Crippen LogP contribution in [0.3, 0.4) is 0 Å². The van der Waals surface area contributed by atoms with Crippen molar-refractivity contribution >= 4 is 5.91 Å². The van der Waals surface area contributed by atoms with Gasteiger partial charge in [0.1, 0.15) is 0 Å². The Labute approximate surface area is 97.2 Å². The van der Waals surface area contributed by atoms with Gasteiger partial charge in [0.25, 0.3) is 0 Å². The molecule has 1 fully saturated rings. The fraction of sp³-hybridized carbons (Fsp3) is 0.615. The van der Waals surface area contributed by atoms with E-state index < -0.39 is 0 Å². The van der Waals surface area contributed by atoms with Gasteiger partial charge >= 0.3 is 0 Å². The van der Waals surface area contributed by atoms with Gasteiger partial charge < -0.3 is 10.4 Å². The zero-order valence-electron chi connectivity index (χ0n) is 9.86. The van der Waals surface area contributed by atoms with Gasteiger partial charge in [-0.2, -0.15) is 0 Å². The molecule has 2 unspecified atom stereocenters. The van der Waals surface area contributed by atoms with E-state index in [9.17, 15) is 4.79 Å². The van der Waals surface area contributed by atoms with Crippen LogP contribution in [0.4, 0.5) is 0 Å². The van der Waals surface area contributed by atoms with E-state index in [1.807, 2.05) is 19.1 Å². The van der Waals surface area contributed by atoms with Crippen molar-refractivity contribution < 1.29 is 9.90 Å². The van der Waals surface area contributed by atoms with Gasteiger partial charge in [0, 0.05) is 19.2 Å². The number of hydrogen-bond donors (Lipinski definition) is 2. The molecule has 0 bridgehead atoms. The quantitative estimate of drug-likeness (QED) is 0.550. The normalized spacial score (nSPS) is 25.6. The van der Waals surface area contributed by atoms with Crippen molar-refractivity contribution in [2.24, 2.45) is 11.8 Å². The van der Waals surface area contributed by atoms with Crippen molar-refractivity contribution in [2.45, 2.75) is 26.2 Å². The topological polar surface area (TPSA) is 49.3 Å². The lowest BCUT2D eigenvalue weighted by atomic mass is 9.97. The summed E-state index contributed by atoms with van der Waals surface area (Å²) >= 11 is 0. The molecular formula is C13H21NO2. The van der Waals surface area contributed by atoms with Crippen molar-refractivity contribution in [2.75, 3.05) is 13.2 Å². The zero-order chi connectivity index (χ0) is 11.8. The van der Waals surface area contributed by atoms with E-state index in [0.29, 0.717) is 18.4 Å². The number of nitrogens with one attached hydrogen (secondary N) is 1. The van der Waals surface area contributed by atoms with Crippen LogP contribution in [0.25, 0.3) is 0 Å². The van der Waals surface area contributed by atoms with Crippen molar-refractivity contribution in [3.63, 3.8) is 0 Å². The summed E-state index contributed by atoms with van der Waals surface area (Å²) in [5.74, 6) is 0.769. The first-order valence-corrected chi connectivity index (χ1v) is 5.96.